The topological polar surface area (TPSA) is 80.1 Å². The van der Waals surface area contributed by atoms with Crippen LogP contribution in [0.25, 0.3) is 10.3 Å². The van der Waals surface area contributed by atoms with E-state index in [2.05, 4.69) is 45.8 Å². The molecule has 9 heteroatoms. The third kappa shape index (κ3) is 5.88. The van der Waals surface area contributed by atoms with Gasteiger partial charge in [-0.3, -0.25) is 14.2 Å². The van der Waals surface area contributed by atoms with Crippen LogP contribution in [-0.2, 0) is 17.8 Å². The number of carbonyl (C=O) groups excluding carboxylic acids is 1. The molecule has 0 bridgehead atoms. The van der Waals surface area contributed by atoms with Crippen molar-refractivity contribution in [3.63, 3.8) is 0 Å². The number of carbonyl (C=O) groups is 1. The fourth-order valence-electron chi connectivity index (χ4n) is 3.96. The average molecular weight is 498 g/mol. The van der Waals surface area contributed by atoms with Gasteiger partial charge < -0.3 is 10.2 Å². The molecule has 0 radical (unpaired) electrons. The lowest BCUT2D eigenvalue weighted by molar-refractivity contribution is -0.113. The van der Waals surface area contributed by atoms with Crippen LogP contribution < -0.4 is 15.8 Å². The summed E-state index contributed by atoms with van der Waals surface area (Å²) in [6, 6.07) is 7.97. The van der Waals surface area contributed by atoms with Crippen LogP contribution in [0.15, 0.2) is 46.9 Å². The smallest absolute Gasteiger partial charge is 0.274 e. The largest absolute Gasteiger partial charge is 0.348 e. The summed E-state index contributed by atoms with van der Waals surface area (Å²) in [6.07, 6.45) is 8.55. The quantitative estimate of drug-likeness (QED) is 0.238. The molecule has 1 saturated heterocycles. The summed E-state index contributed by atoms with van der Waals surface area (Å²) in [5, 5.41) is 4.27. The Morgan fingerprint density at radius 3 is 2.68 bits per heavy atom. The van der Waals surface area contributed by atoms with Crippen LogP contribution in [0.1, 0.15) is 44.6 Å². The van der Waals surface area contributed by atoms with Gasteiger partial charge in [0, 0.05) is 25.3 Å². The van der Waals surface area contributed by atoms with Gasteiger partial charge >= 0.3 is 0 Å². The Labute approximate surface area is 208 Å². The zero-order valence-electron chi connectivity index (χ0n) is 19.6. The van der Waals surface area contributed by atoms with E-state index in [-0.39, 0.29) is 17.2 Å². The van der Waals surface area contributed by atoms with E-state index < -0.39 is 0 Å². The number of fused-ring (bicyclic) bond motifs is 1. The molecule has 0 saturated carbocycles. The van der Waals surface area contributed by atoms with Crippen molar-refractivity contribution in [2.75, 3.05) is 29.1 Å². The van der Waals surface area contributed by atoms with Gasteiger partial charge in [0.1, 0.15) is 4.70 Å². The molecule has 1 amide bonds. The zero-order chi connectivity index (χ0) is 23.9. The highest BCUT2D eigenvalue weighted by atomic mass is 32.2. The van der Waals surface area contributed by atoms with Crippen molar-refractivity contribution in [2.24, 2.45) is 0 Å². The van der Waals surface area contributed by atoms with Crippen LogP contribution in [0.3, 0.4) is 0 Å². The average Bonchev–Trinajstić information content (AvgIpc) is 3.29. The molecule has 7 nitrogen and oxygen atoms in total. The molecule has 4 rings (SSSR count). The maximum Gasteiger partial charge on any atom is 0.274 e. The van der Waals surface area contributed by atoms with E-state index in [0.717, 1.165) is 56.0 Å². The summed E-state index contributed by atoms with van der Waals surface area (Å²) in [5.74, 6) is 0.00795. The van der Waals surface area contributed by atoms with E-state index >= 15 is 0 Å². The van der Waals surface area contributed by atoms with Crippen LogP contribution in [0.4, 0.5) is 10.8 Å². The normalized spacial score (nSPS) is 13.9. The predicted octanol–water partition coefficient (Wildman–Crippen LogP) is 5.10. The third-order valence-corrected chi connectivity index (χ3v) is 7.87. The predicted molar refractivity (Wildman–Crippen MR) is 142 cm³/mol. The molecular weight excluding hydrogens is 466 g/mol. The minimum absolute atomic E-state index is 0.128. The second-order valence-corrected chi connectivity index (χ2v) is 10.4. The summed E-state index contributed by atoms with van der Waals surface area (Å²) < 4.78 is 2.13. The number of amides is 1. The van der Waals surface area contributed by atoms with Gasteiger partial charge in [-0.1, -0.05) is 54.7 Å². The molecule has 1 aliphatic rings. The minimum atomic E-state index is -0.141. The lowest BCUT2D eigenvalue weighted by Gasteiger charge is -2.25. The molecule has 3 aromatic rings. The van der Waals surface area contributed by atoms with Gasteiger partial charge in [0.2, 0.25) is 5.91 Å². The maximum atomic E-state index is 13.2. The van der Waals surface area contributed by atoms with Crippen molar-refractivity contribution in [1.82, 2.24) is 14.5 Å². The summed E-state index contributed by atoms with van der Waals surface area (Å²) in [4.78, 5) is 37.3. The molecule has 0 spiro atoms. The molecule has 3 heterocycles. The molecule has 1 aliphatic heterocycles. The Hall–Kier alpha value is -2.65. The number of hydrogen-bond donors (Lipinski definition) is 1. The Balaban J connectivity index is 1.47. The van der Waals surface area contributed by atoms with Gasteiger partial charge in [-0.25, -0.2) is 4.98 Å². The van der Waals surface area contributed by atoms with Crippen LogP contribution in [0.2, 0.25) is 0 Å². The van der Waals surface area contributed by atoms with E-state index in [1.165, 1.54) is 35.1 Å². The van der Waals surface area contributed by atoms with Crippen molar-refractivity contribution in [2.45, 2.75) is 57.1 Å². The van der Waals surface area contributed by atoms with Crippen LogP contribution in [-0.4, -0.2) is 39.3 Å². The second kappa shape index (κ2) is 11.7. The van der Waals surface area contributed by atoms with Crippen molar-refractivity contribution in [1.29, 1.82) is 0 Å². The molecule has 1 N–H and O–H groups in total. The number of thiazole rings is 1. The molecule has 0 atom stereocenters. The van der Waals surface area contributed by atoms with Crippen LogP contribution >= 0.6 is 23.1 Å². The third-order valence-electron chi connectivity index (χ3n) is 5.80. The molecule has 2 aromatic heterocycles. The van der Waals surface area contributed by atoms with Crippen molar-refractivity contribution < 1.29 is 4.79 Å². The summed E-state index contributed by atoms with van der Waals surface area (Å²) >= 11 is 2.65. The number of benzene rings is 1. The molecule has 180 valence electrons. The number of anilines is 2. The highest BCUT2D eigenvalue weighted by molar-refractivity contribution is 7.99. The van der Waals surface area contributed by atoms with Crippen molar-refractivity contribution in [3.05, 3.63) is 52.8 Å². The number of hydrogen-bond acceptors (Lipinski definition) is 7. The number of thioether (sulfide) groups is 1. The van der Waals surface area contributed by atoms with E-state index in [1.54, 1.807) is 10.6 Å². The summed E-state index contributed by atoms with van der Waals surface area (Å²) in [5.41, 5.74) is 2.37. The lowest BCUT2D eigenvalue weighted by atomic mass is 10.1. The van der Waals surface area contributed by atoms with Gasteiger partial charge in [-0.15, -0.1) is 6.58 Å². The molecular formula is C25H31N5O2S2. The number of piperidine rings is 1. The first kappa shape index (κ1) is 24.5. The summed E-state index contributed by atoms with van der Waals surface area (Å²) in [6.45, 7) is 8.21. The number of allylic oxidation sites excluding steroid dienone is 1. The highest BCUT2D eigenvalue weighted by Crippen LogP contribution is 2.29. The van der Waals surface area contributed by atoms with Crippen molar-refractivity contribution in [3.8, 4) is 0 Å². The molecule has 1 aromatic carbocycles. The van der Waals surface area contributed by atoms with E-state index in [4.69, 9.17) is 0 Å². The Bertz CT molecular complexity index is 1200. The molecule has 34 heavy (non-hydrogen) atoms. The van der Waals surface area contributed by atoms with Gasteiger partial charge in [-0.2, -0.15) is 4.98 Å². The van der Waals surface area contributed by atoms with Crippen molar-refractivity contribution >= 4 is 50.2 Å². The standard InChI is InChI=1S/C25H31N5O2S2/c1-3-5-9-18-10-12-19(13-11-18)26-20(31)17-33-25-28-22-21(23(32)30(25)14-4-2)34-24(27-22)29-15-7-6-8-16-29/h4,10-13H,2-3,5-9,14-17H2,1H3,(H,26,31). The lowest BCUT2D eigenvalue weighted by Crippen LogP contribution is -2.29. The van der Waals surface area contributed by atoms with Gasteiger partial charge in [0.05, 0.1) is 5.75 Å². The first-order chi connectivity index (χ1) is 16.6. The Morgan fingerprint density at radius 2 is 1.97 bits per heavy atom. The number of rotatable bonds is 10. The summed E-state index contributed by atoms with van der Waals surface area (Å²) in [7, 11) is 0. The molecule has 0 aliphatic carbocycles. The number of aromatic nitrogens is 3. The number of aryl methyl sites for hydroxylation is 1. The van der Waals surface area contributed by atoms with E-state index in [1.807, 2.05) is 12.1 Å². The maximum absolute atomic E-state index is 13.2. The Morgan fingerprint density at radius 1 is 1.21 bits per heavy atom. The van der Waals surface area contributed by atoms with Crippen LogP contribution in [0.5, 0.6) is 0 Å². The monoisotopic (exact) mass is 497 g/mol. The first-order valence-electron chi connectivity index (χ1n) is 11.9. The van der Waals surface area contributed by atoms with Gasteiger partial charge in [0.25, 0.3) is 5.56 Å². The number of nitrogens with zero attached hydrogens (tertiary/aromatic N) is 4. The fourth-order valence-corrected chi connectivity index (χ4v) is 5.76. The zero-order valence-corrected chi connectivity index (χ0v) is 21.2. The number of unbranched alkanes of at least 4 members (excludes halogenated alkanes) is 1. The van der Waals surface area contributed by atoms with Gasteiger partial charge in [-0.05, 0) is 49.8 Å². The highest BCUT2D eigenvalue weighted by Gasteiger charge is 2.20. The molecule has 0 unspecified atom stereocenters. The Kier molecular flexibility index (Phi) is 8.39. The first-order valence-corrected chi connectivity index (χ1v) is 13.7. The number of nitrogens with one attached hydrogen (secondary N) is 1. The van der Waals surface area contributed by atoms with E-state index in [9.17, 15) is 9.59 Å². The molecule has 1 fully saturated rings. The SMILES string of the molecule is C=CCn1c(SCC(=O)Nc2ccc(CCCC)cc2)nc2nc(N3CCCCC3)sc2c1=O. The van der Waals surface area contributed by atoms with Gasteiger partial charge in [0.15, 0.2) is 15.9 Å². The second-order valence-electron chi connectivity index (χ2n) is 8.43. The van der Waals surface area contributed by atoms with Crippen LogP contribution in [0, 0.1) is 0 Å². The fraction of sp³-hybridized carbons (Fsp3) is 0.440. The minimum Gasteiger partial charge on any atom is -0.348 e. The van der Waals surface area contributed by atoms with E-state index in [0.29, 0.717) is 22.0 Å².